The maximum absolute atomic E-state index is 13.3. The van der Waals surface area contributed by atoms with Crippen molar-refractivity contribution in [3.05, 3.63) is 129 Å². The van der Waals surface area contributed by atoms with E-state index in [0.717, 1.165) is 37.1 Å². The zero-order chi connectivity index (χ0) is 33.7. The van der Waals surface area contributed by atoms with E-state index in [1.807, 2.05) is 6.92 Å². The summed E-state index contributed by atoms with van der Waals surface area (Å²) in [5.41, 5.74) is -0.328. The Morgan fingerprint density at radius 1 is 0.766 bits per heavy atom. The first kappa shape index (κ1) is 34.0. The minimum Gasteiger partial charge on any atom is -0.452 e. The molecule has 4 aromatic rings. The molecule has 0 radical (unpaired) electrons. The quantitative estimate of drug-likeness (QED) is 0.125. The number of carbonyl (C=O) groups is 3. The van der Waals surface area contributed by atoms with Gasteiger partial charge in [0.1, 0.15) is 6.10 Å². The van der Waals surface area contributed by atoms with Gasteiger partial charge in [-0.3, -0.25) is 0 Å². The van der Waals surface area contributed by atoms with Gasteiger partial charge in [0.25, 0.3) is 0 Å². The molecule has 244 valence electrons. The summed E-state index contributed by atoms with van der Waals surface area (Å²) in [4.78, 5) is 39.5. The molecule has 1 saturated carbocycles. The molecule has 1 fully saturated rings. The summed E-state index contributed by atoms with van der Waals surface area (Å²) in [6, 6.07) is 20.0. The van der Waals surface area contributed by atoms with Crippen molar-refractivity contribution in [2.45, 2.75) is 50.6 Å². The molecule has 12 heteroatoms. The summed E-state index contributed by atoms with van der Waals surface area (Å²) >= 11 is 12.1. The number of benzene rings is 4. The van der Waals surface area contributed by atoms with Crippen LogP contribution in [0, 0.1) is 0 Å². The normalized spacial score (nSPS) is 14.2. The van der Waals surface area contributed by atoms with Gasteiger partial charge in [0.15, 0.2) is 11.5 Å². The van der Waals surface area contributed by atoms with Crippen LogP contribution in [0.25, 0.3) is 0 Å². The molecule has 2 atom stereocenters. The summed E-state index contributed by atoms with van der Waals surface area (Å²) < 4.78 is 56.6. The summed E-state index contributed by atoms with van der Waals surface area (Å²) in [7, 11) is 0. The van der Waals surface area contributed by atoms with Crippen LogP contribution in [0.5, 0.6) is 11.5 Å². The molecular weight excluding hydrogens is 658 g/mol. The number of nitrogens with one attached hydrogen (secondary N) is 1. The predicted octanol–water partition coefficient (Wildman–Crippen LogP) is 8.88. The highest BCUT2D eigenvalue weighted by molar-refractivity contribution is 6.31. The van der Waals surface area contributed by atoms with E-state index >= 15 is 0 Å². The number of rotatable bonds is 11. The smallest absolute Gasteiger partial charge is 0.416 e. The van der Waals surface area contributed by atoms with Gasteiger partial charge in [-0.2, -0.15) is 13.2 Å². The Bertz CT molecular complexity index is 1780. The summed E-state index contributed by atoms with van der Waals surface area (Å²) in [6.45, 7) is 1.89. The van der Waals surface area contributed by atoms with Crippen molar-refractivity contribution in [1.29, 1.82) is 0 Å². The Labute approximate surface area is 278 Å². The summed E-state index contributed by atoms with van der Waals surface area (Å²) in [6.07, 6.45) is -3.18. The fourth-order valence-electron chi connectivity index (χ4n) is 4.75. The standard InChI is InChI=1S/C35H28Cl2F3NO6/c1-2-28(41-27-14-15-27)31(47-32(42)20-9-12-24(13-10-20)35(38,39)40)21-11-16-29(45-33(43)22-5-3-7-25(36)17-22)30(19-21)46-34(44)23-6-4-8-26(37)18-23/h3-13,16-19,27-28,31,41H,2,14-15H2,1H3. The van der Waals surface area contributed by atoms with Crippen LogP contribution in [0.3, 0.4) is 0 Å². The maximum atomic E-state index is 13.3. The van der Waals surface area contributed by atoms with Crippen LogP contribution in [-0.4, -0.2) is 30.0 Å². The van der Waals surface area contributed by atoms with Crippen molar-refractivity contribution < 1.29 is 41.8 Å². The number of ether oxygens (including phenoxy) is 3. The van der Waals surface area contributed by atoms with E-state index in [-0.39, 0.29) is 34.2 Å². The van der Waals surface area contributed by atoms with Gasteiger partial charge in [-0.15, -0.1) is 0 Å². The molecule has 0 saturated heterocycles. The first-order valence-electron chi connectivity index (χ1n) is 14.6. The summed E-state index contributed by atoms with van der Waals surface area (Å²) in [5, 5.41) is 4.06. The fourth-order valence-corrected chi connectivity index (χ4v) is 5.13. The van der Waals surface area contributed by atoms with Crippen molar-refractivity contribution in [2.75, 3.05) is 0 Å². The van der Waals surface area contributed by atoms with Gasteiger partial charge in [-0.1, -0.05) is 48.3 Å². The number of esters is 3. The minimum atomic E-state index is -4.57. The molecule has 1 aliphatic rings. The van der Waals surface area contributed by atoms with E-state index in [1.54, 1.807) is 30.3 Å². The Morgan fingerprint density at radius 3 is 1.85 bits per heavy atom. The molecule has 0 aromatic heterocycles. The van der Waals surface area contributed by atoms with Crippen molar-refractivity contribution in [2.24, 2.45) is 0 Å². The molecule has 0 amide bonds. The lowest BCUT2D eigenvalue weighted by molar-refractivity contribution is -0.137. The Hall–Kier alpha value is -4.38. The van der Waals surface area contributed by atoms with Crippen LogP contribution in [0.15, 0.2) is 91.0 Å². The predicted molar refractivity (Wildman–Crippen MR) is 169 cm³/mol. The van der Waals surface area contributed by atoms with Crippen molar-refractivity contribution >= 4 is 41.1 Å². The van der Waals surface area contributed by atoms with Crippen molar-refractivity contribution in [3.8, 4) is 11.5 Å². The Balaban J connectivity index is 1.50. The highest BCUT2D eigenvalue weighted by atomic mass is 35.5. The van der Waals surface area contributed by atoms with Crippen LogP contribution < -0.4 is 14.8 Å². The van der Waals surface area contributed by atoms with Crippen LogP contribution in [0.2, 0.25) is 10.0 Å². The third-order valence-electron chi connectivity index (χ3n) is 7.34. The lowest BCUT2D eigenvalue weighted by Gasteiger charge is -2.28. The van der Waals surface area contributed by atoms with E-state index in [4.69, 9.17) is 37.4 Å². The second-order valence-electron chi connectivity index (χ2n) is 10.9. The van der Waals surface area contributed by atoms with Gasteiger partial charge in [-0.05, 0) is 97.6 Å². The summed E-state index contributed by atoms with van der Waals surface area (Å²) in [5.74, 6) is -2.68. The molecule has 0 heterocycles. The molecule has 7 nitrogen and oxygen atoms in total. The van der Waals surface area contributed by atoms with E-state index in [2.05, 4.69) is 5.32 Å². The monoisotopic (exact) mass is 685 g/mol. The highest BCUT2D eigenvalue weighted by Crippen LogP contribution is 2.37. The number of alkyl halides is 3. The highest BCUT2D eigenvalue weighted by Gasteiger charge is 2.34. The Kier molecular flexibility index (Phi) is 10.5. The van der Waals surface area contributed by atoms with Crippen molar-refractivity contribution in [3.63, 3.8) is 0 Å². The third kappa shape index (κ3) is 8.91. The van der Waals surface area contributed by atoms with Crippen LogP contribution >= 0.6 is 23.2 Å². The minimum absolute atomic E-state index is 0.0797. The lowest BCUT2D eigenvalue weighted by atomic mass is 9.99. The van der Waals surface area contributed by atoms with E-state index in [0.29, 0.717) is 22.0 Å². The van der Waals surface area contributed by atoms with Gasteiger partial charge in [0.2, 0.25) is 0 Å². The molecule has 4 aromatic carbocycles. The molecular formula is C35H28Cl2F3NO6. The second kappa shape index (κ2) is 14.6. The number of carbonyl (C=O) groups excluding carboxylic acids is 3. The second-order valence-corrected chi connectivity index (χ2v) is 11.7. The van der Waals surface area contributed by atoms with Gasteiger partial charge in [-0.25, -0.2) is 14.4 Å². The van der Waals surface area contributed by atoms with Crippen molar-refractivity contribution in [1.82, 2.24) is 5.32 Å². The fraction of sp³-hybridized carbons (Fsp3) is 0.229. The average Bonchev–Trinajstić information content (AvgIpc) is 3.87. The van der Waals surface area contributed by atoms with E-state index < -0.39 is 41.8 Å². The average molecular weight is 687 g/mol. The van der Waals surface area contributed by atoms with Gasteiger partial charge >= 0.3 is 24.1 Å². The molecule has 0 bridgehead atoms. The number of hydrogen-bond acceptors (Lipinski definition) is 7. The topological polar surface area (TPSA) is 90.9 Å². The van der Waals surface area contributed by atoms with Gasteiger partial charge in [0.05, 0.1) is 22.3 Å². The SMILES string of the molecule is CCC(NC1CC1)C(OC(=O)c1ccc(C(F)(F)F)cc1)c1ccc(OC(=O)c2cccc(Cl)c2)c(OC(=O)c2cccc(Cl)c2)c1. The van der Waals surface area contributed by atoms with Crippen LogP contribution in [0.1, 0.15) is 74.5 Å². The first-order valence-corrected chi connectivity index (χ1v) is 15.4. The Morgan fingerprint density at radius 2 is 1.34 bits per heavy atom. The molecule has 5 rings (SSSR count). The maximum Gasteiger partial charge on any atom is 0.416 e. The number of hydrogen-bond donors (Lipinski definition) is 1. The lowest BCUT2D eigenvalue weighted by Crippen LogP contribution is -2.38. The number of halogens is 5. The largest absolute Gasteiger partial charge is 0.452 e. The molecule has 0 spiro atoms. The first-order chi connectivity index (χ1) is 22.4. The molecule has 1 aliphatic carbocycles. The molecule has 1 N–H and O–H groups in total. The van der Waals surface area contributed by atoms with Crippen LogP contribution in [-0.2, 0) is 10.9 Å². The van der Waals surface area contributed by atoms with Crippen LogP contribution in [0.4, 0.5) is 13.2 Å². The molecule has 0 aliphatic heterocycles. The third-order valence-corrected chi connectivity index (χ3v) is 7.81. The van der Waals surface area contributed by atoms with Gasteiger partial charge < -0.3 is 19.5 Å². The molecule has 47 heavy (non-hydrogen) atoms. The zero-order valence-electron chi connectivity index (χ0n) is 24.9. The van der Waals surface area contributed by atoms with E-state index in [9.17, 15) is 27.6 Å². The zero-order valence-corrected chi connectivity index (χ0v) is 26.4. The van der Waals surface area contributed by atoms with Gasteiger partial charge in [0, 0.05) is 22.1 Å². The molecule has 2 unspecified atom stereocenters. The van der Waals surface area contributed by atoms with E-state index in [1.165, 1.54) is 36.4 Å².